The van der Waals surface area contributed by atoms with Crippen LogP contribution in [0, 0.1) is 0 Å². The van der Waals surface area contributed by atoms with Crippen molar-refractivity contribution in [2.45, 2.75) is 12.8 Å². The highest BCUT2D eigenvalue weighted by Gasteiger charge is 2.17. The summed E-state index contributed by atoms with van der Waals surface area (Å²) < 4.78 is 1.02. The van der Waals surface area contributed by atoms with Gasteiger partial charge in [-0.2, -0.15) is 0 Å². The van der Waals surface area contributed by atoms with E-state index in [1.54, 1.807) is 0 Å². The maximum Gasteiger partial charge on any atom is 0.303 e. The van der Waals surface area contributed by atoms with E-state index in [0.717, 1.165) is 58.5 Å². The van der Waals surface area contributed by atoms with Gasteiger partial charge in [0, 0.05) is 42.8 Å². The monoisotopic (exact) mass is 490 g/mol. The molecule has 0 bridgehead atoms. The third-order valence-electron chi connectivity index (χ3n) is 5.78. The molecule has 4 rings (SSSR count). The first-order chi connectivity index (χ1) is 15.6. The van der Waals surface area contributed by atoms with Gasteiger partial charge in [-0.3, -0.25) is 4.79 Å². The first kappa shape index (κ1) is 22.3. The van der Waals surface area contributed by atoms with Crippen LogP contribution in [0.25, 0.3) is 11.1 Å². The van der Waals surface area contributed by atoms with E-state index in [9.17, 15) is 9.90 Å². The molecule has 0 amide bonds. The summed E-state index contributed by atoms with van der Waals surface area (Å²) in [5.74, 6) is -0.789. The van der Waals surface area contributed by atoms with Crippen molar-refractivity contribution in [3.63, 3.8) is 0 Å². The number of allylic oxidation sites excluding steroid dienone is 1. The molecule has 0 aromatic heterocycles. The van der Waals surface area contributed by atoms with Gasteiger partial charge in [-0.05, 0) is 58.5 Å². The van der Waals surface area contributed by atoms with Crippen molar-refractivity contribution in [2.75, 3.05) is 31.1 Å². The number of carbonyl (C=O) groups is 1. The number of piperazine rings is 1. The molecule has 4 nitrogen and oxygen atoms in total. The van der Waals surface area contributed by atoms with E-state index in [-0.39, 0.29) is 6.42 Å². The molecule has 1 aliphatic heterocycles. The predicted molar refractivity (Wildman–Crippen MR) is 135 cm³/mol. The van der Waals surface area contributed by atoms with Crippen molar-refractivity contribution in [3.8, 4) is 0 Å². The Morgan fingerprint density at radius 1 is 0.812 bits per heavy atom. The van der Waals surface area contributed by atoms with Crippen LogP contribution in [0.3, 0.4) is 0 Å². The summed E-state index contributed by atoms with van der Waals surface area (Å²) in [5.41, 5.74) is 6.57. The lowest BCUT2D eigenvalue weighted by molar-refractivity contribution is -0.136. The van der Waals surface area contributed by atoms with Gasteiger partial charge in [-0.15, -0.1) is 0 Å². The number of anilines is 1. The lowest BCUT2D eigenvalue weighted by atomic mass is 9.87. The largest absolute Gasteiger partial charge is 0.481 e. The van der Waals surface area contributed by atoms with Crippen molar-refractivity contribution in [3.05, 3.63) is 100 Å². The number of rotatable bonds is 7. The molecule has 0 saturated carbocycles. The second kappa shape index (κ2) is 10.6. The van der Waals surface area contributed by atoms with Crippen molar-refractivity contribution in [2.24, 2.45) is 0 Å². The minimum Gasteiger partial charge on any atom is -0.481 e. The van der Waals surface area contributed by atoms with Gasteiger partial charge in [0.2, 0.25) is 0 Å². The number of nitrogens with one attached hydrogen (secondary N) is 1. The Hall–Kier alpha value is -2.89. The standard InChI is InChI=1S/C27H27BrN2O2/c28-23-10-6-21(7-11-23)27(25(14-15-26(31)32)20-4-2-1-3-5-20)22-8-12-24(13-9-22)30-18-16-29-17-19-30/h1-13,29H,14-19H2,(H,31,32)/b27-25-. The van der Waals surface area contributed by atoms with Crippen LogP contribution in [0.4, 0.5) is 5.69 Å². The van der Waals surface area contributed by atoms with Gasteiger partial charge in [0.15, 0.2) is 0 Å². The smallest absolute Gasteiger partial charge is 0.303 e. The van der Waals surface area contributed by atoms with Gasteiger partial charge < -0.3 is 15.3 Å². The fraction of sp³-hybridized carbons (Fsp3) is 0.222. The Balaban J connectivity index is 1.83. The SMILES string of the molecule is O=C(O)CC/C(=C(\c1ccc(Br)cc1)c1ccc(N2CCNCC2)cc1)c1ccccc1. The zero-order valence-electron chi connectivity index (χ0n) is 17.9. The second-order valence-electron chi connectivity index (χ2n) is 7.90. The molecule has 3 aromatic rings. The van der Waals surface area contributed by atoms with E-state index in [1.165, 1.54) is 5.69 Å². The molecule has 2 N–H and O–H groups in total. The number of nitrogens with zero attached hydrogens (tertiary/aromatic N) is 1. The molecule has 0 spiro atoms. The number of halogens is 1. The summed E-state index contributed by atoms with van der Waals surface area (Å²) in [6.07, 6.45) is 0.549. The molecule has 0 unspecified atom stereocenters. The highest BCUT2D eigenvalue weighted by molar-refractivity contribution is 9.10. The number of hydrogen-bond donors (Lipinski definition) is 2. The third kappa shape index (κ3) is 5.47. The normalized spacial score (nSPS) is 14.7. The molecular weight excluding hydrogens is 464 g/mol. The van der Waals surface area contributed by atoms with Crippen LogP contribution in [0.1, 0.15) is 29.5 Å². The van der Waals surface area contributed by atoms with Crippen LogP contribution in [-0.4, -0.2) is 37.3 Å². The summed E-state index contributed by atoms with van der Waals surface area (Å²) in [5, 5.41) is 12.8. The minimum atomic E-state index is -0.789. The van der Waals surface area contributed by atoms with Crippen LogP contribution < -0.4 is 10.2 Å². The molecule has 5 heteroatoms. The first-order valence-electron chi connectivity index (χ1n) is 10.9. The van der Waals surface area contributed by atoms with E-state index in [0.29, 0.717) is 6.42 Å². The van der Waals surface area contributed by atoms with Gasteiger partial charge in [-0.1, -0.05) is 70.5 Å². The number of aliphatic carboxylic acids is 1. The van der Waals surface area contributed by atoms with Gasteiger partial charge in [0.05, 0.1) is 0 Å². The van der Waals surface area contributed by atoms with E-state index in [2.05, 4.69) is 74.7 Å². The quantitative estimate of drug-likeness (QED) is 0.418. The first-order valence-corrected chi connectivity index (χ1v) is 11.7. The van der Waals surface area contributed by atoms with Crippen LogP contribution in [0.5, 0.6) is 0 Å². The molecule has 3 aromatic carbocycles. The van der Waals surface area contributed by atoms with Crippen LogP contribution >= 0.6 is 15.9 Å². The zero-order chi connectivity index (χ0) is 22.3. The molecule has 0 radical (unpaired) electrons. The lowest BCUT2D eigenvalue weighted by Crippen LogP contribution is -2.43. The molecule has 1 fully saturated rings. The Labute approximate surface area is 197 Å². The summed E-state index contributed by atoms with van der Waals surface area (Å²) in [4.78, 5) is 13.9. The number of benzene rings is 3. The van der Waals surface area contributed by atoms with Crippen LogP contribution in [-0.2, 0) is 4.79 Å². The van der Waals surface area contributed by atoms with Crippen molar-refractivity contribution < 1.29 is 9.90 Å². The topological polar surface area (TPSA) is 52.6 Å². The average Bonchev–Trinajstić information content (AvgIpc) is 2.84. The molecule has 0 aliphatic carbocycles. The summed E-state index contributed by atoms with van der Waals surface area (Å²) in [6.45, 7) is 4.00. The van der Waals surface area contributed by atoms with E-state index >= 15 is 0 Å². The fourth-order valence-corrected chi connectivity index (χ4v) is 4.44. The Morgan fingerprint density at radius 3 is 2.00 bits per heavy atom. The van der Waals surface area contributed by atoms with E-state index in [4.69, 9.17) is 0 Å². The predicted octanol–water partition coefficient (Wildman–Crippen LogP) is 5.68. The second-order valence-corrected chi connectivity index (χ2v) is 8.82. The number of hydrogen-bond acceptors (Lipinski definition) is 3. The van der Waals surface area contributed by atoms with Crippen molar-refractivity contribution >= 4 is 38.7 Å². The highest BCUT2D eigenvalue weighted by atomic mass is 79.9. The van der Waals surface area contributed by atoms with Gasteiger partial charge >= 0.3 is 5.97 Å². The Bertz CT molecular complexity index is 1070. The summed E-state index contributed by atoms with van der Waals surface area (Å²) in [6, 6.07) is 27.0. The van der Waals surface area contributed by atoms with Gasteiger partial charge in [0.1, 0.15) is 0 Å². The molecule has 1 saturated heterocycles. The molecule has 1 heterocycles. The van der Waals surface area contributed by atoms with E-state index in [1.807, 2.05) is 30.3 Å². The Morgan fingerprint density at radius 2 is 1.41 bits per heavy atom. The molecular formula is C27H27BrN2O2. The third-order valence-corrected chi connectivity index (χ3v) is 6.31. The van der Waals surface area contributed by atoms with E-state index < -0.39 is 5.97 Å². The molecule has 164 valence electrons. The van der Waals surface area contributed by atoms with Crippen LogP contribution in [0.15, 0.2) is 83.3 Å². The average molecular weight is 491 g/mol. The molecule has 32 heavy (non-hydrogen) atoms. The van der Waals surface area contributed by atoms with Crippen LogP contribution in [0.2, 0.25) is 0 Å². The fourth-order valence-electron chi connectivity index (χ4n) is 4.18. The number of carboxylic acid groups (broad SMARTS) is 1. The number of carboxylic acids is 1. The maximum absolute atomic E-state index is 11.5. The maximum atomic E-state index is 11.5. The lowest BCUT2D eigenvalue weighted by Gasteiger charge is -2.29. The van der Waals surface area contributed by atoms with Gasteiger partial charge in [-0.25, -0.2) is 0 Å². The molecule has 1 aliphatic rings. The summed E-state index contributed by atoms with van der Waals surface area (Å²) >= 11 is 3.53. The molecule has 0 atom stereocenters. The van der Waals surface area contributed by atoms with Gasteiger partial charge in [0.25, 0.3) is 0 Å². The van der Waals surface area contributed by atoms with Crippen molar-refractivity contribution in [1.29, 1.82) is 0 Å². The zero-order valence-corrected chi connectivity index (χ0v) is 19.5. The van der Waals surface area contributed by atoms with Crippen molar-refractivity contribution in [1.82, 2.24) is 5.32 Å². The minimum absolute atomic E-state index is 0.0864. The highest BCUT2D eigenvalue weighted by Crippen LogP contribution is 2.36. The Kier molecular flexibility index (Phi) is 7.40. The summed E-state index contributed by atoms with van der Waals surface area (Å²) in [7, 11) is 0.